The van der Waals surface area contributed by atoms with Crippen molar-refractivity contribution in [2.45, 2.75) is 13.8 Å². The molecule has 0 spiro atoms. The van der Waals surface area contributed by atoms with Crippen LogP contribution in [0.1, 0.15) is 13.8 Å². The molecule has 94 valence electrons. The van der Waals surface area contributed by atoms with E-state index in [1.165, 1.54) is 0 Å². The predicted octanol–water partition coefficient (Wildman–Crippen LogP) is 4.42. The highest BCUT2D eigenvalue weighted by Gasteiger charge is 1.84. The quantitative estimate of drug-likeness (QED) is 0.357. The third kappa shape index (κ3) is 7.99. The molecule has 0 saturated heterocycles. The van der Waals surface area contributed by atoms with E-state index in [0.29, 0.717) is 0 Å². The van der Waals surface area contributed by atoms with E-state index in [9.17, 15) is 0 Å². The van der Waals surface area contributed by atoms with E-state index in [4.69, 9.17) is 0 Å². The van der Waals surface area contributed by atoms with Gasteiger partial charge in [0.2, 0.25) is 0 Å². The van der Waals surface area contributed by atoms with Crippen molar-refractivity contribution in [1.82, 2.24) is 0 Å². The van der Waals surface area contributed by atoms with Crippen molar-refractivity contribution in [3.05, 3.63) is 72.9 Å². The lowest BCUT2D eigenvalue weighted by Crippen LogP contribution is -1.80. The second-order valence-corrected chi connectivity index (χ2v) is 3.29. The second kappa shape index (κ2) is 11.3. The lowest BCUT2D eigenvalue weighted by molar-refractivity contribution is 1.26. The number of allylic oxidation sites excluding steroid dienone is 10. The van der Waals surface area contributed by atoms with Crippen LogP contribution < -0.4 is 0 Å². The summed E-state index contributed by atoms with van der Waals surface area (Å²) in [5, 5.41) is 7.96. The minimum absolute atomic E-state index is 0.949. The van der Waals surface area contributed by atoms with Crippen molar-refractivity contribution >= 4 is 12.4 Å². The highest BCUT2D eigenvalue weighted by Crippen LogP contribution is 1.96. The molecular formula is C16H20N2. The highest BCUT2D eigenvalue weighted by atomic mass is 15.2. The van der Waals surface area contributed by atoms with Gasteiger partial charge in [-0.2, -0.15) is 10.2 Å². The Balaban J connectivity index is 4.71. The Morgan fingerprint density at radius 1 is 0.778 bits per heavy atom. The lowest BCUT2D eigenvalue weighted by atomic mass is 10.2. The number of hydrogen-bond acceptors (Lipinski definition) is 2. The molecule has 18 heavy (non-hydrogen) atoms. The van der Waals surface area contributed by atoms with E-state index in [-0.39, 0.29) is 0 Å². The molecule has 0 amide bonds. The first kappa shape index (κ1) is 15.8. The minimum Gasteiger partial charge on any atom is -0.159 e. The van der Waals surface area contributed by atoms with Crippen LogP contribution in [0.2, 0.25) is 0 Å². The van der Waals surface area contributed by atoms with Crippen molar-refractivity contribution in [2.24, 2.45) is 10.2 Å². The van der Waals surface area contributed by atoms with Gasteiger partial charge >= 0.3 is 0 Å². The predicted molar refractivity (Wildman–Crippen MR) is 83.2 cm³/mol. The molecule has 0 atom stereocenters. The molecule has 0 aromatic rings. The highest BCUT2D eigenvalue weighted by molar-refractivity contribution is 5.85. The summed E-state index contributed by atoms with van der Waals surface area (Å²) in [7, 11) is 0. The molecule has 0 saturated carbocycles. The second-order valence-electron chi connectivity index (χ2n) is 3.29. The summed E-state index contributed by atoms with van der Waals surface area (Å²) in [6.07, 6.45) is 18.3. The first-order valence-corrected chi connectivity index (χ1v) is 5.75. The Morgan fingerprint density at radius 2 is 1.17 bits per heavy atom. The Morgan fingerprint density at radius 3 is 1.44 bits per heavy atom. The van der Waals surface area contributed by atoms with Gasteiger partial charge in [0.1, 0.15) is 0 Å². The zero-order valence-corrected chi connectivity index (χ0v) is 11.1. The Bertz CT molecular complexity index is 388. The largest absolute Gasteiger partial charge is 0.159 e. The molecule has 2 heteroatoms. The molecule has 0 radical (unpaired) electrons. The third-order valence-corrected chi connectivity index (χ3v) is 1.82. The molecule has 0 aromatic carbocycles. The average molecular weight is 240 g/mol. The van der Waals surface area contributed by atoms with Crippen molar-refractivity contribution in [2.75, 3.05) is 0 Å². The standard InChI is InChI=1S/C16H20N2/c1-5-9-15(10-6-2)13-17-18-14-16(11-7-3)12-8-4/h5-14H,1,3H2,2,4H3/b10-6-,12-8-,15-9+,16-11+,17-13?,18-14?. The SMILES string of the molecule is C=C/C=C(C=NN=CC(/C=C\C)=C/C=C)\C=C/C. The summed E-state index contributed by atoms with van der Waals surface area (Å²) in [5.74, 6) is 0. The maximum absolute atomic E-state index is 3.98. The van der Waals surface area contributed by atoms with Gasteiger partial charge in [0.25, 0.3) is 0 Å². The fourth-order valence-corrected chi connectivity index (χ4v) is 1.14. The van der Waals surface area contributed by atoms with Crippen LogP contribution in [0, 0.1) is 0 Å². The van der Waals surface area contributed by atoms with E-state index >= 15 is 0 Å². The number of rotatable bonds is 7. The molecule has 0 aliphatic rings. The zero-order valence-electron chi connectivity index (χ0n) is 11.1. The van der Waals surface area contributed by atoms with E-state index in [0.717, 1.165) is 11.1 Å². The summed E-state index contributed by atoms with van der Waals surface area (Å²) in [6.45, 7) is 11.2. The van der Waals surface area contributed by atoms with Crippen molar-refractivity contribution in [3.63, 3.8) is 0 Å². The summed E-state index contributed by atoms with van der Waals surface area (Å²) in [5.41, 5.74) is 1.90. The van der Waals surface area contributed by atoms with Crippen LogP contribution in [0.25, 0.3) is 0 Å². The Hall–Kier alpha value is -2.22. The van der Waals surface area contributed by atoms with Gasteiger partial charge in [-0.1, -0.05) is 61.8 Å². The minimum atomic E-state index is 0.949. The number of nitrogens with zero attached hydrogens (tertiary/aromatic N) is 2. The first-order chi connectivity index (χ1) is 8.78. The van der Waals surface area contributed by atoms with Crippen LogP contribution in [0.15, 0.2) is 83.1 Å². The van der Waals surface area contributed by atoms with Crippen molar-refractivity contribution in [3.8, 4) is 0 Å². The molecule has 0 aromatic heterocycles. The molecule has 0 N–H and O–H groups in total. The molecule has 2 nitrogen and oxygen atoms in total. The molecule has 0 aliphatic heterocycles. The molecule has 0 heterocycles. The van der Waals surface area contributed by atoms with Crippen LogP contribution >= 0.6 is 0 Å². The molecule has 0 unspecified atom stereocenters. The Kier molecular flexibility index (Phi) is 9.88. The molecule has 0 aliphatic carbocycles. The smallest absolute Gasteiger partial charge is 0.0567 e. The van der Waals surface area contributed by atoms with E-state index < -0.39 is 0 Å². The maximum atomic E-state index is 3.98. The summed E-state index contributed by atoms with van der Waals surface area (Å²) >= 11 is 0. The fourth-order valence-electron chi connectivity index (χ4n) is 1.14. The number of hydrogen-bond donors (Lipinski definition) is 0. The summed E-state index contributed by atoms with van der Waals surface area (Å²) < 4.78 is 0. The average Bonchev–Trinajstić information content (AvgIpc) is 2.35. The zero-order chi connectivity index (χ0) is 13.6. The summed E-state index contributed by atoms with van der Waals surface area (Å²) in [6, 6.07) is 0. The Labute approximate surface area is 110 Å². The van der Waals surface area contributed by atoms with Crippen molar-refractivity contribution in [1.29, 1.82) is 0 Å². The van der Waals surface area contributed by atoms with Gasteiger partial charge in [-0.15, -0.1) is 0 Å². The maximum Gasteiger partial charge on any atom is 0.0567 e. The van der Waals surface area contributed by atoms with Gasteiger partial charge in [0.05, 0.1) is 12.4 Å². The molecule has 0 bridgehead atoms. The van der Waals surface area contributed by atoms with Gasteiger partial charge in [-0.3, -0.25) is 0 Å². The molecule has 0 fully saturated rings. The van der Waals surface area contributed by atoms with Crippen LogP contribution in [0.4, 0.5) is 0 Å². The van der Waals surface area contributed by atoms with Gasteiger partial charge in [0.15, 0.2) is 0 Å². The van der Waals surface area contributed by atoms with E-state index in [1.54, 1.807) is 24.6 Å². The molecular weight excluding hydrogens is 220 g/mol. The van der Waals surface area contributed by atoms with Gasteiger partial charge in [-0.05, 0) is 25.0 Å². The van der Waals surface area contributed by atoms with Gasteiger partial charge in [-0.25, -0.2) is 0 Å². The normalized spacial score (nSPS) is 14.3. The first-order valence-electron chi connectivity index (χ1n) is 5.75. The molecule has 0 rings (SSSR count). The topological polar surface area (TPSA) is 24.7 Å². The third-order valence-electron chi connectivity index (χ3n) is 1.82. The van der Waals surface area contributed by atoms with Crippen LogP contribution in [-0.4, -0.2) is 12.4 Å². The van der Waals surface area contributed by atoms with Crippen LogP contribution in [-0.2, 0) is 0 Å². The van der Waals surface area contributed by atoms with Gasteiger partial charge < -0.3 is 0 Å². The van der Waals surface area contributed by atoms with E-state index in [2.05, 4.69) is 23.4 Å². The monoisotopic (exact) mass is 240 g/mol. The summed E-state index contributed by atoms with van der Waals surface area (Å²) in [4.78, 5) is 0. The van der Waals surface area contributed by atoms with Crippen LogP contribution in [0.3, 0.4) is 0 Å². The van der Waals surface area contributed by atoms with Crippen molar-refractivity contribution < 1.29 is 0 Å². The fraction of sp³-hybridized carbons (Fsp3) is 0.125. The lowest BCUT2D eigenvalue weighted by Gasteiger charge is -1.90. The van der Waals surface area contributed by atoms with Crippen LogP contribution in [0.5, 0.6) is 0 Å². The van der Waals surface area contributed by atoms with Gasteiger partial charge in [0, 0.05) is 0 Å². The van der Waals surface area contributed by atoms with E-state index in [1.807, 2.05) is 50.3 Å².